The van der Waals surface area contributed by atoms with Crippen LogP contribution in [0.3, 0.4) is 0 Å². The van der Waals surface area contributed by atoms with Gasteiger partial charge in [-0.25, -0.2) is 4.79 Å². The van der Waals surface area contributed by atoms with Crippen molar-refractivity contribution in [1.29, 1.82) is 0 Å². The Morgan fingerprint density at radius 2 is 1.88 bits per heavy atom. The van der Waals surface area contributed by atoms with Crippen LogP contribution in [0.25, 0.3) is 0 Å². The van der Waals surface area contributed by atoms with Gasteiger partial charge in [-0.15, -0.1) is 0 Å². The second-order valence-electron chi connectivity index (χ2n) is 5.49. The molecular formula is C12H24N2O2. The third-order valence-corrected chi connectivity index (χ3v) is 3.30. The molecule has 1 aliphatic rings. The summed E-state index contributed by atoms with van der Waals surface area (Å²) in [6.07, 6.45) is 1.12. The summed E-state index contributed by atoms with van der Waals surface area (Å²) in [7, 11) is 0. The number of amides is 1. The number of nitrogens with zero attached hydrogens (tertiary/aromatic N) is 2. The maximum Gasteiger partial charge on any atom is 0.407 e. The molecule has 4 heteroatoms. The Hall–Kier alpha value is -0.770. The molecule has 1 rings (SSSR count). The molecule has 1 aliphatic heterocycles. The number of piperidine rings is 1. The Morgan fingerprint density at radius 1 is 1.38 bits per heavy atom. The first kappa shape index (κ1) is 13.3. The predicted molar refractivity (Wildman–Crippen MR) is 64.8 cm³/mol. The number of likely N-dealkylation sites (tertiary alicyclic amines) is 1. The van der Waals surface area contributed by atoms with Crippen LogP contribution in [0, 0.1) is 0 Å². The fourth-order valence-electron chi connectivity index (χ4n) is 2.48. The summed E-state index contributed by atoms with van der Waals surface area (Å²) in [5.74, 6) is 0. The molecule has 1 heterocycles. The van der Waals surface area contributed by atoms with E-state index in [0.717, 1.165) is 32.5 Å². The van der Waals surface area contributed by atoms with Crippen molar-refractivity contribution in [1.82, 2.24) is 9.80 Å². The van der Waals surface area contributed by atoms with Crippen LogP contribution in [0.1, 0.15) is 40.5 Å². The maximum atomic E-state index is 11.3. The molecule has 4 nitrogen and oxygen atoms in total. The minimum atomic E-state index is -0.789. The lowest BCUT2D eigenvalue weighted by atomic mass is 9.97. The zero-order valence-electron chi connectivity index (χ0n) is 10.9. The van der Waals surface area contributed by atoms with Crippen LogP contribution >= 0.6 is 0 Å². The first-order chi connectivity index (χ1) is 7.36. The lowest BCUT2D eigenvalue weighted by molar-refractivity contribution is 0.0431. The standard InChI is InChI=1S/C12H24N2O2/c1-5-13-8-6-10(7-9-13)14(11(15)16)12(2,3)4/h10H,5-9H2,1-4H3,(H,15,16). The lowest BCUT2D eigenvalue weighted by Crippen LogP contribution is -2.54. The second kappa shape index (κ2) is 5.04. The molecule has 1 saturated heterocycles. The smallest absolute Gasteiger partial charge is 0.407 e. The van der Waals surface area contributed by atoms with Crippen LogP contribution in [-0.2, 0) is 0 Å². The van der Waals surface area contributed by atoms with Gasteiger partial charge in [0.05, 0.1) is 0 Å². The molecule has 0 radical (unpaired) electrons. The Bertz CT molecular complexity index is 240. The highest BCUT2D eigenvalue weighted by Gasteiger charge is 2.34. The van der Waals surface area contributed by atoms with Gasteiger partial charge in [-0.2, -0.15) is 0 Å². The van der Waals surface area contributed by atoms with Crippen LogP contribution in [0.5, 0.6) is 0 Å². The Morgan fingerprint density at radius 3 is 2.19 bits per heavy atom. The van der Waals surface area contributed by atoms with Gasteiger partial charge in [-0.1, -0.05) is 6.92 Å². The van der Waals surface area contributed by atoms with Crippen molar-refractivity contribution in [2.75, 3.05) is 19.6 Å². The molecule has 1 N–H and O–H groups in total. The van der Waals surface area contributed by atoms with Crippen LogP contribution in [-0.4, -0.2) is 52.2 Å². The van der Waals surface area contributed by atoms with Gasteiger partial charge in [0.2, 0.25) is 0 Å². The molecule has 0 aliphatic carbocycles. The molecule has 0 unspecified atom stereocenters. The van der Waals surface area contributed by atoms with E-state index >= 15 is 0 Å². The van der Waals surface area contributed by atoms with Gasteiger partial charge >= 0.3 is 6.09 Å². The van der Waals surface area contributed by atoms with Crippen LogP contribution in [0.15, 0.2) is 0 Å². The van der Waals surface area contributed by atoms with E-state index in [2.05, 4.69) is 11.8 Å². The van der Waals surface area contributed by atoms with Crippen molar-refractivity contribution in [3.05, 3.63) is 0 Å². The minimum Gasteiger partial charge on any atom is -0.465 e. The van der Waals surface area contributed by atoms with Crippen molar-refractivity contribution in [2.24, 2.45) is 0 Å². The van der Waals surface area contributed by atoms with Gasteiger partial charge in [0, 0.05) is 24.7 Å². The van der Waals surface area contributed by atoms with Gasteiger partial charge < -0.3 is 14.9 Å². The average molecular weight is 228 g/mol. The van der Waals surface area contributed by atoms with E-state index in [1.807, 2.05) is 20.8 Å². The Balaban J connectivity index is 2.65. The zero-order valence-corrected chi connectivity index (χ0v) is 10.9. The molecule has 16 heavy (non-hydrogen) atoms. The molecule has 0 atom stereocenters. The van der Waals surface area contributed by atoms with E-state index < -0.39 is 6.09 Å². The quantitative estimate of drug-likeness (QED) is 0.788. The summed E-state index contributed by atoms with van der Waals surface area (Å²) in [5, 5.41) is 9.30. The molecule has 1 fully saturated rings. The van der Waals surface area contributed by atoms with Crippen molar-refractivity contribution in [3.8, 4) is 0 Å². The van der Waals surface area contributed by atoms with Crippen molar-refractivity contribution >= 4 is 6.09 Å². The summed E-state index contributed by atoms with van der Waals surface area (Å²) < 4.78 is 0. The highest BCUT2D eigenvalue weighted by Crippen LogP contribution is 2.24. The summed E-state index contributed by atoms with van der Waals surface area (Å²) in [6.45, 7) is 11.1. The second-order valence-corrected chi connectivity index (χ2v) is 5.49. The fourth-order valence-corrected chi connectivity index (χ4v) is 2.48. The number of hydrogen-bond donors (Lipinski definition) is 1. The van der Waals surface area contributed by atoms with Crippen LogP contribution in [0.4, 0.5) is 4.79 Å². The summed E-state index contributed by atoms with van der Waals surface area (Å²) in [4.78, 5) is 15.3. The number of rotatable bonds is 2. The van der Waals surface area contributed by atoms with Gasteiger partial charge in [0.25, 0.3) is 0 Å². The van der Waals surface area contributed by atoms with E-state index in [1.165, 1.54) is 0 Å². The van der Waals surface area contributed by atoms with Crippen LogP contribution in [0.2, 0.25) is 0 Å². The third-order valence-electron chi connectivity index (χ3n) is 3.30. The molecule has 0 aromatic heterocycles. The first-order valence-corrected chi connectivity index (χ1v) is 6.11. The summed E-state index contributed by atoms with van der Waals surface area (Å²) >= 11 is 0. The van der Waals surface area contributed by atoms with E-state index in [4.69, 9.17) is 0 Å². The minimum absolute atomic E-state index is 0.181. The monoisotopic (exact) mass is 228 g/mol. The number of carboxylic acid groups (broad SMARTS) is 1. The highest BCUT2D eigenvalue weighted by atomic mass is 16.4. The van der Waals surface area contributed by atoms with Gasteiger partial charge in [0.1, 0.15) is 0 Å². The molecule has 0 saturated carbocycles. The molecule has 1 amide bonds. The molecule has 94 valence electrons. The van der Waals surface area contributed by atoms with Gasteiger partial charge in [-0.05, 0) is 40.2 Å². The molecule has 0 spiro atoms. The number of carbonyl (C=O) groups is 1. The predicted octanol–water partition coefficient (Wildman–Crippen LogP) is 2.25. The van der Waals surface area contributed by atoms with Crippen molar-refractivity contribution in [3.63, 3.8) is 0 Å². The SMILES string of the molecule is CCN1CCC(N(C(=O)O)C(C)(C)C)CC1. The molecular weight excluding hydrogens is 204 g/mol. The topological polar surface area (TPSA) is 43.8 Å². The normalized spacial score (nSPS) is 19.8. The van der Waals surface area contributed by atoms with Crippen LogP contribution < -0.4 is 0 Å². The first-order valence-electron chi connectivity index (χ1n) is 6.11. The largest absolute Gasteiger partial charge is 0.465 e. The summed E-state index contributed by atoms with van der Waals surface area (Å²) in [6, 6.07) is 0.181. The average Bonchev–Trinajstić information content (AvgIpc) is 2.16. The maximum absolute atomic E-state index is 11.3. The van der Waals surface area contributed by atoms with E-state index in [1.54, 1.807) is 4.90 Å². The van der Waals surface area contributed by atoms with E-state index in [9.17, 15) is 9.90 Å². The van der Waals surface area contributed by atoms with Gasteiger partial charge in [0.15, 0.2) is 0 Å². The zero-order chi connectivity index (χ0) is 12.3. The van der Waals surface area contributed by atoms with Crippen molar-refractivity contribution in [2.45, 2.75) is 52.1 Å². The molecule has 0 aromatic rings. The fraction of sp³-hybridized carbons (Fsp3) is 0.917. The molecule has 0 aromatic carbocycles. The highest BCUT2D eigenvalue weighted by molar-refractivity contribution is 5.66. The molecule has 0 bridgehead atoms. The van der Waals surface area contributed by atoms with Crippen molar-refractivity contribution < 1.29 is 9.90 Å². The Labute approximate surface area is 98.2 Å². The Kier molecular flexibility index (Phi) is 4.19. The number of hydrogen-bond acceptors (Lipinski definition) is 2. The van der Waals surface area contributed by atoms with Gasteiger partial charge in [-0.3, -0.25) is 0 Å². The van der Waals surface area contributed by atoms with E-state index in [0.29, 0.717) is 0 Å². The van der Waals surface area contributed by atoms with E-state index in [-0.39, 0.29) is 11.6 Å². The summed E-state index contributed by atoms with van der Waals surface area (Å²) in [5.41, 5.74) is -0.301. The lowest BCUT2D eigenvalue weighted by Gasteiger charge is -2.43. The third kappa shape index (κ3) is 3.11.